The maximum atomic E-state index is 12.1. The number of anilines is 1. The number of nitrogens with zero attached hydrogens (tertiary/aromatic N) is 4. The molecule has 118 valence electrons. The molecule has 0 spiro atoms. The molecule has 3 heterocycles. The molecule has 7 heteroatoms. The van der Waals surface area contributed by atoms with Crippen molar-refractivity contribution in [3.63, 3.8) is 0 Å². The van der Waals surface area contributed by atoms with Gasteiger partial charge in [0.05, 0.1) is 28.7 Å². The van der Waals surface area contributed by atoms with Crippen LogP contribution >= 0.6 is 11.3 Å². The Hall–Kier alpha value is -2.54. The van der Waals surface area contributed by atoms with E-state index < -0.39 is 0 Å². The van der Waals surface area contributed by atoms with Crippen LogP contribution in [0.4, 0.5) is 5.69 Å². The highest BCUT2D eigenvalue weighted by molar-refractivity contribution is 7.12. The Kier molecular flexibility index (Phi) is 3.96. The molecule has 1 N–H and O–H groups in total. The van der Waals surface area contributed by atoms with Crippen LogP contribution in [-0.2, 0) is 0 Å². The first-order chi connectivity index (χ1) is 11.0. The quantitative estimate of drug-likeness (QED) is 0.802. The molecule has 0 bridgehead atoms. The molecule has 0 saturated heterocycles. The Bertz CT molecular complexity index is 863. The molecule has 0 atom stereocenters. The molecular weight excluding hydrogens is 310 g/mol. The normalized spacial score (nSPS) is 10.8. The zero-order valence-corrected chi connectivity index (χ0v) is 14.2. The molecular formula is C16H17N5OS. The van der Waals surface area contributed by atoms with Gasteiger partial charge in [-0.3, -0.25) is 4.79 Å². The Morgan fingerprint density at radius 3 is 2.39 bits per heavy atom. The van der Waals surface area contributed by atoms with Gasteiger partial charge in [-0.25, -0.2) is 14.6 Å². The molecule has 0 unspecified atom stereocenters. The molecule has 3 aromatic rings. The number of amides is 1. The average molecular weight is 327 g/mol. The number of hydrogen-bond donors (Lipinski definition) is 1. The third kappa shape index (κ3) is 3.00. The number of nitrogens with one attached hydrogen (secondary N) is 1. The largest absolute Gasteiger partial charge is 0.319 e. The lowest BCUT2D eigenvalue weighted by atomic mass is 10.2. The van der Waals surface area contributed by atoms with Crippen LogP contribution in [0.2, 0.25) is 0 Å². The Balaban J connectivity index is 1.79. The summed E-state index contributed by atoms with van der Waals surface area (Å²) in [5.74, 6) is 0.338. The van der Waals surface area contributed by atoms with Gasteiger partial charge in [0, 0.05) is 5.69 Å². The summed E-state index contributed by atoms with van der Waals surface area (Å²) in [6.45, 7) is 7.91. The van der Waals surface area contributed by atoms with E-state index in [9.17, 15) is 4.79 Å². The minimum Gasteiger partial charge on any atom is -0.319 e. The van der Waals surface area contributed by atoms with E-state index in [2.05, 4.69) is 20.4 Å². The lowest BCUT2D eigenvalue weighted by Crippen LogP contribution is -2.12. The smallest absolute Gasteiger partial charge is 0.265 e. The predicted molar refractivity (Wildman–Crippen MR) is 90.4 cm³/mol. The number of aryl methyl sites for hydroxylation is 2. The van der Waals surface area contributed by atoms with Gasteiger partial charge in [-0.1, -0.05) is 0 Å². The Labute approximate surface area is 138 Å². The van der Waals surface area contributed by atoms with E-state index in [4.69, 9.17) is 0 Å². The Morgan fingerprint density at radius 2 is 1.87 bits per heavy atom. The third-order valence-corrected chi connectivity index (χ3v) is 4.74. The van der Waals surface area contributed by atoms with Crippen molar-refractivity contribution in [3.05, 3.63) is 51.2 Å². The van der Waals surface area contributed by atoms with Crippen LogP contribution < -0.4 is 5.32 Å². The van der Waals surface area contributed by atoms with Crippen molar-refractivity contribution in [3.8, 4) is 5.95 Å². The zero-order chi connectivity index (χ0) is 16.6. The molecule has 0 aliphatic carbocycles. The summed E-state index contributed by atoms with van der Waals surface area (Å²) in [4.78, 5) is 21.4. The third-order valence-electron chi connectivity index (χ3n) is 3.69. The van der Waals surface area contributed by atoms with E-state index in [0.29, 0.717) is 16.5 Å². The van der Waals surface area contributed by atoms with Crippen molar-refractivity contribution in [2.45, 2.75) is 27.7 Å². The molecule has 0 aliphatic heterocycles. The first-order valence-electron chi connectivity index (χ1n) is 7.17. The molecule has 6 nitrogen and oxygen atoms in total. The summed E-state index contributed by atoms with van der Waals surface area (Å²) in [5.41, 5.74) is 4.72. The molecule has 3 rings (SSSR count). The van der Waals surface area contributed by atoms with Gasteiger partial charge in [0.15, 0.2) is 0 Å². The second-order valence-electron chi connectivity index (χ2n) is 5.42. The molecule has 1 amide bonds. The fraction of sp³-hybridized carbons (Fsp3) is 0.250. The van der Waals surface area contributed by atoms with Crippen molar-refractivity contribution >= 4 is 22.9 Å². The summed E-state index contributed by atoms with van der Waals surface area (Å²) < 4.78 is 1.71. The van der Waals surface area contributed by atoms with Gasteiger partial charge in [0.2, 0.25) is 0 Å². The van der Waals surface area contributed by atoms with Crippen LogP contribution in [0, 0.1) is 27.7 Å². The van der Waals surface area contributed by atoms with Gasteiger partial charge in [-0.2, -0.15) is 5.10 Å². The second-order valence-corrected chi connectivity index (χ2v) is 6.33. The van der Waals surface area contributed by atoms with Gasteiger partial charge in [-0.05, 0) is 50.3 Å². The highest BCUT2D eigenvalue weighted by Gasteiger charge is 2.12. The zero-order valence-electron chi connectivity index (χ0n) is 13.4. The first-order valence-corrected chi connectivity index (χ1v) is 8.05. The molecule has 0 radical (unpaired) electrons. The molecule has 3 aromatic heterocycles. The van der Waals surface area contributed by atoms with Crippen LogP contribution in [0.25, 0.3) is 5.95 Å². The van der Waals surface area contributed by atoms with E-state index >= 15 is 0 Å². The van der Waals surface area contributed by atoms with Gasteiger partial charge >= 0.3 is 0 Å². The summed E-state index contributed by atoms with van der Waals surface area (Å²) in [7, 11) is 0. The Morgan fingerprint density at radius 1 is 1.17 bits per heavy atom. The van der Waals surface area contributed by atoms with E-state index in [0.717, 1.165) is 22.5 Å². The summed E-state index contributed by atoms with van der Waals surface area (Å²) in [6, 6.07) is 1.86. The van der Waals surface area contributed by atoms with Crippen molar-refractivity contribution in [1.82, 2.24) is 19.7 Å². The van der Waals surface area contributed by atoms with Gasteiger partial charge in [-0.15, -0.1) is 11.3 Å². The minimum absolute atomic E-state index is 0.151. The van der Waals surface area contributed by atoms with Crippen LogP contribution in [0.1, 0.15) is 32.2 Å². The number of thiophene rings is 1. The van der Waals surface area contributed by atoms with Gasteiger partial charge in [0.25, 0.3) is 11.9 Å². The first kappa shape index (κ1) is 15.4. The van der Waals surface area contributed by atoms with Crippen molar-refractivity contribution in [2.75, 3.05) is 5.32 Å². The highest BCUT2D eigenvalue weighted by atomic mass is 32.1. The summed E-state index contributed by atoms with van der Waals surface area (Å²) in [6.07, 6.45) is 3.18. The fourth-order valence-corrected chi connectivity index (χ4v) is 2.95. The highest BCUT2D eigenvalue weighted by Crippen LogP contribution is 2.17. The molecule has 0 saturated carbocycles. The average Bonchev–Trinajstić information content (AvgIpc) is 3.08. The number of hydrogen-bond acceptors (Lipinski definition) is 5. The molecule has 0 aliphatic rings. The number of carbonyl (C=O) groups excluding carboxylic acids is 1. The van der Waals surface area contributed by atoms with E-state index in [1.165, 1.54) is 11.3 Å². The van der Waals surface area contributed by atoms with Crippen molar-refractivity contribution < 1.29 is 4.79 Å². The van der Waals surface area contributed by atoms with Crippen LogP contribution in [0.5, 0.6) is 0 Å². The topological polar surface area (TPSA) is 72.7 Å². The monoisotopic (exact) mass is 327 g/mol. The van der Waals surface area contributed by atoms with Gasteiger partial charge in [0.1, 0.15) is 0 Å². The lowest BCUT2D eigenvalue weighted by molar-refractivity contribution is 0.103. The van der Waals surface area contributed by atoms with Crippen molar-refractivity contribution in [1.29, 1.82) is 0 Å². The van der Waals surface area contributed by atoms with E-state index in [-0.39, 0.29) is 5.91 Å². The maximum Gasteiger partial charge on any atom is 0.265 e. The van der Waals surface area contributed by atoms with Crippen molar-refractivity contribution in [2.24, 2.45) is 0 Å². The summed E-state index contributed by atoms with van der Waals surface area (Å²) in [5, 5.41) is 9.17. The second kappa shape index (κ2) is 5.92. The van der Waals surface area contributed by atoms with Gasteiger partial charge < -0.3 is 5.32 Å². The van der Waals surface area contributed by atoms with Crippen LogP contribution in [0.15, 0.2) is 23.8 Å². The predicted octanol–water partition coefficient (Wildman–Crippen LogP) is 3.21. The number of rotatable bonds is 3. The SMILES string of the molecule is Cc1csc(C(=O)Nc2cnc(-n3nc(C)c(C)c3C)nc2)c1. The molecule has 0 aromatic carbocycles. The number of carbonyl (C=O) groups is 1. The standard InChI is InChI=1S/C16H17N5OS/c1-9-5-14(23-8-9)15(22)19-13-6-17-16(18-7-13)21-12(4)10(2)11(3)20-21/h5-8H,1-4H3,(H,19,22). The van der Waals surface area contributed by atoms with Crippen LogP contribution in [-0.4, -0.2) is 25.7 Å². The number of aromatic nitrogens is 4. The van der Waals surface area contributed by atoms with E-state index in [1.807, 2.05) is 39.1 Å². The maximum absolute atomic E-state index is 12.1. The van der Waals surface area contributed by atoms with E-state index in [1.54, 1.807) is 17.1 Å². The molecule has 0 fully saturated rings. The fourth-order valence-electron chi connectivity index (χ4n) is 2.15. The summed E-state index contributed by atoms with van der Waals surface area (Å²) >= 11 is 1.42. The van der Waals surface area contributed by atoms with Crippen LogP contribution in [0.3, 0.4) is 0 Å². The lowest BCUT2D eigenvalue weighted by Gasteiger charge is -2.05. The molecule has 23 heavy (non-hydrogen) atoms. The minimum atomic E-state index is -0.151.